The van der Waals surface area contributed by atoms with Crippen LogP contribution in [0.4, 0.5) is 24.9 Å². The molecule has 0 aliphatic carbocycles. The lowest BCUT2D eigenvalue weighted by Gasteiger charge is -2.13. The minimum absolute atomic E-state index is 0.0434. The highest BCUT2D eigenvalue weighted by atomic mass is 19.4. The molecule has 0 amide bonds. The van der Waals surface area contributed by atoms with Crippen molar-refractivity contribution >= 4 is 17.6 Å². The molecular weight excluding hydrogens is 285 g/mol. The first-order valence-corrected chi connectivity index (χ1v) is 6.32. The zero-order valence-corrected chi connectivity index (χ0v) is 11.7. The van der Waals surface area contributed by atoms with Gasteiger partial charge in [0.05, 0.1) is 0 Å². The Labute approximate surface area is 120 Å². The average Bonchev–Trinajstić information content (AvgIpc) is 2.38. The number of hydrogen-bond acceptors (Lipinski definition) is 5. The number of nitrogens with one attached hydrogen (secondary N) is 4. The van der Waals surface area contributed by atoms with Gasteiger partial charge in [-0.1, -0.05) is 0 Å². The largest absolute Gasteiger partial charge is 0.421 e. The molecule has 9 heteroatoms. The van der Waals surface area contributed by atoms with Crippen molar-refractivity contribution in [3.63, 3.8) is 0 Å². The average molecular weight is 302 g/mol. The van der Waals surface area contributed by atoms with E-state index in [1.165, 1.54) is 6.08 Å². The third kappa shape index (κ3) is 5.28. The SMILES string of the molecule is CCN/C=C\C(=N)Nc1ncc(C(F)(F)F)c(NCC)n1. The van der Waals surface area contributed by atoms with Crippen molar-refractivity contribution in [2.75, 3.05) is 23.7 Å². The molecule has 0 saturated carbocycles. The molecule has 21 heavy (non-hydrogen) atoms. The van der Waals surface area contributed by atoms with Crippen molar-refractivity contribution in [1.29, 1.82) is 5.41 Å². The Morgan fingerprint density at radius 3 is 2.62 bits per heavy atom. The van der Waals surface area contributed by atoms with Crippen molar-refractivity contribution in [2.45, 2.75) is 20.0 Å². The first-order chi connectivity index (χ1) is 9.88. The van der Waals surface area contributed by atoms with E-state index in [9.17, 15) is 13.2 Å². The molecule has 0 atom stereocenters. The van der Waals surface area contributed by atoms with Crippen LogP contribution in [0, 0.1) is 5.41 Å². The van der Waals surface area contributed by atoms with Gasteiger partial charge in [-0.15, -0.1) is 0 Å². The molecule has 0 aromatic carbocycles. The van der Waals surface area contributed by atoms with Gasteiger partial charge >= 0.3 is 6.18 Å². The molecule has 0 aliphatic rings. The Hall–Kier alpha value is -2.32. The molecule has 0 fully saturated rings. The number of rotatable bonds is 6. The van der Waals surface area contributed by atoms with E-state index in [-0.39, 0.29) is 24.1 Å². The van der Waals surface area contributed by atoms with Crippen molar-refractivity contribution in [2.24, 2.45) is 0 Å². The summed E-state index contributed by atoms with van der Waals surface area (Å²) < 4.78 is 38.3. The van der Waals surface area contributed by atoms with Crippen molar-refractivity contribution in [3.8, 4) is 0 Å². The van der Waals surface area contributed by atoms with Gasteiger partial charge in [0, 0.05) is 25.5 Å². The van der Waals surface area contributed by atoms with Crippen molar-refractivity contribution in [3.05, 3.63) is 24.0 Å². The smallest absolute Gasteiger partial charge is 0.391 e. The summed E-state index contributed by atoms with van der Waals surface area (Å²) in [4.78, 5) is 7.33. The van der Waals surface area contributed by atoms with E-state index in [1.807, 2.05) is 6.92 Å². The van der Waals surface area contributed by atoms with Crippen LogP contribution in [0.15, 0.2) is 18.5 Å². The van der Waals surface area contributed by atoms with Gasteiger partial charge in [-0.25, -0.2) is 4.98 Å². The maximum Gasteiger partial charge on any atom is 0.421 e. The molecule has 4 N–H and O–H groups in total. The van der Waals surface area contributed by atoms with Crippen molar-refractivity contribution < 1.29 is 13.2 Å². The summed E-state index contributed by atoms with van der Waals surface area (Å²) in [6.45, 7) is 4.54. The quantitative estimate of drug-likeness (QED) is 0.479. The minimum atomic E-state index is -4.53. The second kappa shape index (κ2) is 7.46. The number of hydrogen-bond donors (Lipinski definition) is 4. The summed E-state index contributed by atoms with van der Waals surface area (Å²) in [5.74, 6) is -0.436. The summed E-state index contributed by atoms with van der Waals surface area (Å²) in [5.41, 5.74) is -0.940. The molecule has 116 valence electrons. The minimum Gasteiger partial charge on any atom is -0.391 e. The predicted octanol–water partition coefficient (Wildman–Crippen LogP) is 2.44. The van der Waals surface area contributed by atoms with Crippen LogP contribution in [0.3, 0.4) is 0 Å². The molecule has 0 bridgehead atoms. The van der Waals surface area contributed by atoms with E-state index < -0.39 is 11.7 Å². The highest BCUT2D eigenvalue weighted by molar-refractivity contribution is 6.00. The van der Waals surface area contributed by atoms with Gasteiger partial charge < -0.3 is 16.0 Å². The van der Waals surface area contributed by atoms with Crippen LogP contribution in [0.25, 0.3) is 0 Å². The van der Waals surface area contributed by atoms with E-state index in [2.05, 4.69) is 25.9 Å². The summed E-state index contributed by atoms with van der Waals surface area (Å²) in [6.07, 6.45) is -0.884. The molecule has 6 nitrogen and oxygen atoms in total. The Morgan fingerprint density at radius 2 is 2.05 bits per heavy atom. The van der Waals surface area contributed by atoms with Gasteiger partial charge in [0.2, 0.25) is 5.95 Å². The van der Waals surface area contributed by atoms with Gasteiger partial charge in [-0.05, 0) is 19.9 Å². The maximum absolute atomic E-state index is 12.8. The van der Waals surface area contributed by atoms with E-state index in [0.29, 0.717) is 12.7 Å². The topological polar surface area (TPSA) is 85.7 Å². The number of alkyl halides is 3. The van der Waals surface area contributed by atoms with Gasteiger partial charge in [-0.3, -0.25) is 5.41 Å². The molecular formula is C12H17F3N6. The molecule has 0 radical (unpaired) electrons. The second-order valence-electron chi connectivity index (χ2n) is 3.91. The van der Waals surface area contributed by atoms with E-state index in [4.69, 9.17) is 5.41 Å². The molecule has 1 aromatic heterocycles. The third-order valence-electron chi connectivity index (χ3n) is 2.26. The Balaban J connectivity index is 2.90. The fraction of sp³-hybridized carbons (Fsp3) is 0.417. The number of amidine groups is 1. The van der Waals surface area contributed by atoms with Crippen LogP contribution < -0.4 is 16.0 Å². The molecule has 0 aliphatic heterocycles. The predicted molar refractivity (Wildman–Crippen MR) is 75.4 cm³/mol. The number of anilines is 2. The molecule has 0 unspecified atom stereocenters. The van der Waals surface area contributed by atoms with E-state index in [0.717, 1.165) is 0 Å². The molecule has 1 heterocycles. The lowest BCUT2D eigenvalue weighted by molar-refractivity contribution is -0.137. The van der Waals surface area contributed by atoms with E-state index in [1.54, 1.807) is 13.1 Å². The van der Waals surface area contributed by atoms with Crippen LogP contribution in [0.1, 0.15) is 19.4 Å². The summed E-state index contributed by atoms with van der Waals surface area (Å²) >= 11 is 0. The maximum atomic E-state index is 12.8. The number of aromatic nitrogens is 2. The zero-order valence-electron chi connectivity index (χ0n) is 11.7. The monoisotopic (exact) mass is 302 g/mol. The van der Waals surface area contributed by atoms with Crippen LogP contribution in [-0.2, 0) is 6.18 Å². The highest BCUT2D eigenvalue weighted by Gasteiger charge is 2.35. The zero-order chi connectivity index (χ0) is 15.9. The fourth-order valence-corrected chi connectivity index (χ4v) is 1.37. The summed E-state index contributed by atoms with van der Waals surface area (Å²) in [7, 11) is 0. The van der Waals surface area contributed by atoms with Crippen LogP contribution in [-0.4, -0.2) is 28.9 Å². The summed E-state index contributed by atoms with van der Waals surface area (Å²) in [6, 6.07) is 0. The standard InChI is InChI=1S/C12H17F3N6/c1-3-17-6-5-9(16)20-11-19-7-8(12(13,14)15)10(21-11)18-4-2/h5-7,17H,3-4H2,1-2H3,(H3,16,18,19,20,21)/b6-5-. The Morgan fingerprint density at radius 1 is 1.33 bits per heavy atom. The second-order valence-corrected chi connectivity index (χ2v) is 3.91. The van der Waals surface area contributed by atoms with E-state index >= 15 is 0 Å². The van der Waals surface area contributed by atoms with Gasteiger partial charge in [0.25, 0.3) is 0 Å². The first kappa shape index (κ1) is 16.7. The molecule has 1 aromatic rings. The Bertz CT molecular complexity index is 512. The van der Waals surface area contributed by atoms with Crippen LogP contribution in [0.5, 0.6) is 0 Å². The first-order valence-electron chi connectivity index (χ1n) is 6.32. The van der Waals surface area contributed by atoms with Gasteiger partial charge in [0.15, 0.2) is 0 Å². The van der Waals surface area contributed by atoms with Gasteiger partial charge in [-0.2, -0.15) is 18.2 Å². The number of nitrogens with zero attached hydrogens (tertiary/aromatic N) is 2. The van der Waals surface area contributed by atoms with Crippen LogP contribution >= 0.6 is 0 Å². The third-order valence-corrected chi connectivity index (χ3v) is 2.26. The fourth-order valence-electron chi connectivity index (χ4n) is 1.37. The Kier molecular flexibility index (Phi) is 5.94. The van der Waals surface area contributed by atoms with Crippen LogP contribution in [0.2, 0.25) is 0 Å². The highest BCUT2D eigenvalue weighted by Crippen LogP contribution is 2.33. The summed E-state index contributed by atoms with van der Waals surface area (Å²) in [5, 5.41) is 15.5. The molecule has 0 saturated heterocycles. The molecule has 1 rings (SSSR count). The lowest BCUT2D eigenvalue weighted by atomic mass is 10.3. The lowest BCUT2D eigenvalue weighted by Crippen LogP contribution is -2.17. The number of halogens is 3. The molecule has 0 spiro atoms. The normalized spacial score (nSPS) is 11.5. The van der Waals surface area contributed by atoms with Gasteiger partial charge in [0.1, 0.15) is 17.2 Å². The van der Waals surface area contributed by atoms with Crippen molar-refractivity contribution in [1.82, 2.24) is 15.3 Å².